The summed E-state index contributed by atoms with van der Waals surface area (Å²) in [5, 5.41) is 34.6. The Bertz CT molecular complexity index is 2330. The molecule has 0 aliphatic carbocycles. The van der Waals surface area contributed by atoms with E-state index in [9.17, 15) is 48.6 Å². The molecular formula is C51H67N7O10. The summed E-state index contributed by atoms with van der Waals surface area (Å²) < 4.78 is 0. The predicted molar refractivity (Wildman–Crippen MR) is 257 cm³/mol. The van der Waals surface area contributed by atoms with Crippen LogP contribution in [0.15, 0.2) is 91.1 Å². The van der Waals surface area contributed by atoms with E-state index in [1.807, 2.05) is 98.8 Å². The molecule has 0 radical (unpaired) electrons. The van der Waals surface area contributed by atoms with Crippen LogP contribution >= 0.6 is 0 Å². The average Bonchev–Trinajstić information content (AvgIpc) is 3.72. The molecule has 17 heteroatoms. The fraction of sp³-hybridized carbons (Fsp3) is 0.451. The van der Waals surface area contributed by atoms with Crippen LogP contribution in [-0.4, -0.2) is 111 Å². The SMILES string of the molecule is CC[C@H](C)[C@H](NC(=O)[C@@H](NC(=O)[C@H](CC(=O)O)N(C)C(=O)[C@H](CC(C)C)NC(=O)[C@H](NC(C)=O)C(c1ccccc1)c1ccccc1)[C@@H](C)CC)C(=O)N[C@@H](Cc1c[nH]c2ccccc12)C(=O)O. The third kappa shape index (κ3) is 14.5. The number of rotatable bonds is 25. The van der Waals surface area contributed by atoms with E-state index >= 15 is 0 Å². The molecule has 68 heavy (non-hydrogen) atoms. The van der Waals surface area contributed by atoms with Crippen LogP contribution in [0.3, 0.4) is 0 Å². The summed E-state index contributed by atoms with van der Waals surface area (Å²) in [6.07, 6.45) is 1.61. The molecule has 0 aliphatic rings. The number of carboxylic acids is 2. The molecule has 0 bridgehead atoms. The first-order chi connectivity index (χ1) is 32.3. The molecule has 17 nitrogen and oxygen atoms in total. The topological polar surface area (TPSA) is 256 Å². The molecular weight excluding hydrogens is 871 g/mol. The molecule has 0 spiro atoms. The van der Waals surface area contributed by atoms with Gasteiger partial charge in [0.1, 0.15) is 36.3 Å². The maximum Gasteiger partial charge on any atom is 0.326 e. The number of aromatic nitrogens is 1. The van der Waals surface area contributed by atoms with Crippen molar-refractivity contribution < 1.29 is 48.6 Å². The molecule has 0 fully saturated rings. The highest BCUT2D eigenvalue weighted by Crippen LogP contribution is 2.29. The summed E-state index contributed by atoms with van der Waals surface area (Å²) >= 11 is 0. The molecule has 8 N–H and O–H groups in total. The molecule has 1 aromatic heterocycles. The number of amides is 6. The third-order valence-electron chi connectivity index (χ3n) is 12.4. The largest absolute Gasteiger partial charge is 0.481 e. The van der Waals surface area contributed by atoms with Crippen molar-refractivity contribution in [1.29, 1.82) is 0 Å². The van der Waals surface area contributed by atoms with Crippen molar-refractivity contribution in [3.8, 4) is 0 Å². The summed E-state index contributed by atoms with van der Waals surface area (Å²) in [7, 11) is 1.24. The van der Waals surface area contributed by atoms with Gasteiger partial charge in [-0.1, -0.05) is 133 Å². The van der Waals surface area contributed by atoms with Crippen molar-refractivity contribution in [3.63, 3.8) is 0 Å². The van der Waals surface area contributed by atoms with Crippen LogP contribution in [-0.2, 0) is 44.8 Å². The van der Waals surface area contributed by atoms with Gasteiger partial charge in [-0.3, -0.25) is 33.6 Å². The van der Waals surface area contributed by atoms with Gasteiger partial charge >= 0.3 is 11.9 Å². The van der Waals surface area contributed by atoms with E-state index in [4.69, 9.17) is 0 Å². The van der Waals surface area contributed by atoms with Gasteiger partial charge in [0.25, 0.3) is 0 Å². The Balaban J connectivity index is 1.59. The number of carbonyl (C=O) groups excluding carboxylic acids is 6. The van der Waals surface area contributed by atoms with Crippen molar-refractivity contribution in [3.05, 3.63) is 108 Å². The number of carboxylic acid groups (broad SMARTS) is 2. The number of likely N-dealkylation sites (N-methyl/N-ethyl adjacent to an activating group) is 1. The lowest BCUT2D eigenvalue weighted by Crippen LogP contribution is -2.62. The van der Waals surface area contributed by atoms with Crippen LogP contribution in [0, 0.1) is 17.8 Å². The summed E-state index contributed by atoms with van der Waals surface area (Å²) in [6.45, 7) is 11.9. The van der Waals surface area contributed by atoms with Crippen LogP contribution < -0.4 is 26.6 Å². The fourth-order valence-corrected chi connectivity index (χ4v) is 8.22. The monoisotopic (exact) mass is 937 g/mol. The number of nitrogens with zero attached hydrogens (tertiary/aromatic N) is 1. The van der Waals surface area contributed by atoms with Crippen molar-refractivity contribution in [2.75, 3.05) is 7.05 Å². The maximum absolute atomic E-state index is 14.5. The highest BCUT2D eigenvalue weighted by Gasteiger charge is 2.40. The van der Waals surface area contributed by atoms with E-state index < -0.39 is 108 Å². The number of para-hydroxylation sites is 1. The number of hydrogen-bond acceptors (Lipinski definition) is 8. The Labute approximate surface area is 397 Å². The zero-order chi connectivity index (χ0) is 50.2. The first kappa shape index (κ1) is 53.6. The summed E-state index contributed by atoms with van der Waals surface area (Å²) in [5.41, 5.74) is 2.91. The normalized spacial score (nSPS) is 14.9. The second-order valence-corrected chi connectivity index (χ2v) is 17.9. The number of nitrogens with one attached hydrogen (secondary N) is 6. The van der Waals surface area contributed by atoms with E-state index in [1.54, 1.807) is 33.9 Å². The summed E-state index contributed by atoms with van der Waals surface area (Å²) in [4.78, 5) is 113. The number of benzene rings is 3. The van der Waals surface area contributed by atoms with Gasteiger partial charge in [-0.2, -0.15) is 0 Å². The lowest BCUT2D eigenvalue weighted by Gasteiger charge is -2.34. The zero-order valence-electron chi connectivity index (χ0n) is 40.1. The highest BCUT2D eigenvalue weighted by molar-refractivity contribution is 5.98. The number of aliphatic carboxylic acids is 2. The molecule has 1 heterocycles. The quantitative estimate of drug-likeness (QED) is 0.0461. The van der Waals surface area contributed by atoms with Crippen LogP contribution in [0.1, 0.15) is 96.8 Å². The van der Waals surface area contributed by atoms with E-state index in [0.29, 0.717) is 18.4 Å². The van der Waals surface area contributed by atoms with E-state index in [0.717, 1.165) is 26.9 Å². The molecule has 6 amide bonds. The molecule has 0 aliphatic heterocycles. The molecule has 0 saturated heterocycles. The van der Waals surface area contributed by atoms with Crippen molar-refractivity contribution >= 4 is 58.3 Å². The molecule has 0 saturated carbocycles. The number of H-pyrrole nitrogens is 1. The van der Waals surface area contributed by atoms with Gasteiger partial charge in [-0.05, 0) is 46.9 Å². The molecule has 0 unspecified atom stereocenters. The van der Waals surface area contributed by atoms with Crippen molar-refractivity contribution in [2.45, 2.75) is 123 Å². The molecule has 3 aromatic carbocycles. The number of carbonyl (C=O) groups is 8. The van der Waals surface area contributed by atoms with Gasteiger partial charge in [0.2, 0.25) is 35.4 Å². The highest BCUT2D eigenvalue weighted by atomic mass is 16.4. The molecule has 366 valence electrons. The van der Waals surface area contributed by atoms with Gasteiger partial charge in [-0.15, -0.1) is 0 Å². The van der Waals surface area contributed by atoms with Gasteiger partial charge in [0.15, 0.2) is 0 Å². The lowest BCUT2D eigenvalue weighted by atomic mass is 9.84. The number of aromatic amines is 1. The second-order valence-electron chi connectivity index (χ2n) is 17.9. The Morgan fingerprint density at radius 2 is 1.10 bits per heavy atom. The van der Waals surface area contributed by atoms with Gasteiger partial charge < -0.3 is 46.7 Å². The minimum Gasteiger partial charge on any atom is -0.481 e. The Morgan fingerprint density at radius 3 is 1.60 bits per heavy atom. The number of fused-ring (bicyclic) bond motifs is 1. The smallest absolute Gasteiger partial charge is 0.326 e. The number of hydrogen-bond donors (Lipinski definition) is 8. The standard InChI is InChI=1S/C51H67N7O10/c1-9-30(5)43(47(63)55-39(51(67)68)26-35-28-52-37-24-18-17-23-36(35)37)57-48(64)44(31(6)10-2)56-46(62)40(27-41(60)61)58(8)50(66)38(25-29(3)4)54-49(65)45(53-32(7)59)42(33-19-13-11-14-20-33)34-21-15-12-16-22-34/h11-24,28-31,38-40,42-45,52H,9-10,25-27H2,1-8H3,(H,53,59)(H,54,65)(H,55,63)(H,56,62)(H,57,64)(H,60,61)(H,67,68)/t30-,31-,38-,39-,40-,43-,44-,45+/m0/s1. The predicted octanol–water partition coefficient (Wildman–Crippen LogP) is 4.51. The minimum atomic E-state index is -1.67. The lowest BCUT2D eigenvalue weighted by molar-refractivity contribution is -0.148. The Hall–Kier alpha value is -7.04. The van der Waals surface area contributed by atoms with Crippen LogP contribution in [0.25, 0.3) is 10.9 Å². The molecule has 4 rings (SSSR count). The summed E-state index contributed by atoms with van der Waals surface area (Å²) in [5.74, 6) is -9.11. The maximum atomic E-state index is 14.5. The zero-order valence-corrected chi connectivity index (χ0v) is 40.1. The first-order valence-corrected chi connectivity index (χ1v) is 23.1. The van der Waals surface area contributed by atoms with Gasteiger partial charge in [0, 0.05) is 43.4 Å². The van der Waals surface area contributed by atoms with Crippen molar-refractivity contribution in [2.24, 2.45) is 17.8 Å². The third-order valence-corrected chi connectivity index (χ3v) is 12.4. The molecule has 4 aromatic rings. The van der Waals surface area contributed by atoms with Gasteiger partial charge in [0.05, 0.1) is 6.42 Å². The Kier molecular flexibility index (Phi) is 19.8. The van der Waals surface area contributed by atoms with E-state index in [1.165, 1.54) is 14.0 Å². The van der Waals surface area contributed by atoms with Crippen LogP contribution in [0.5, 0.6) is 0 Å². The van der Waals surface area contributed by atoms with Crippen LogP contribution in [0.2, 0.25) is 0 Å². The Morgan fingerprint density at radius 1 is 0.618 bits per heavy atom. The average molecular weight is 938 g/mol. The first-order valence-electron chi connectivity index (χ1n) is 23.1. The summed E-state index contributed by atoms with van der Waals surface area (Å²) in [6, 6.07) is 17.5. The van der Waals surface area contributed by atoms with E-state index in [2.05, 4.69) is 31.6 Å². The van der Waals surface area contributed by atoms with E-state index in [-0.39, 0.29) is 18.8 Å². The van der Waals surface area contributed by atoms with Crippen LogP contribution in [0.4, 0.5) is 0 Å². The molecule has 8 atom stereocenters. The minimum absolute atomic E-state index is 0.0471. The van der Waals surface area contributed by atoms with Gasteiger partial charge in [-0.25, -0.2) is 4.79 Å². The van der Waals surface area contributed by atoms with Crippen molar-refractivity contribution in [1.82, 2.24) is 36.5 Å². The second kappa shape index (κ2) is 25.2. The fourth-order valence-electron chi connectivity index (χ4n) is 8.22.